The Labute approximate surface area is 91.5 Å². The van der Waals surface area contributed by atoms with E-state index in [2.05, 4.69) is 5.32 Å². The quantitative estimate of drug-likeness (QED) is 0.783. The van der Waals surface area contributed by atoms with Crippen molar-refractivity contribution < 1.29 is 9.90 Å². The van der Waals surface area contributed by atoms with Crippen LogP contribution in [0, 0.1) is 0 Å². The summed E-state index contributed by atoms with van der Waals surface area (Å²) in [6, 6.07) is 5.21. The van der Waals surface area contributed by atoms with Crippen molar-refractivity contribution in [2.45, 2.75) is 4.90 Å². The normalized spacial score (nSPS) is 9.93. The maximum atomic E-state index is 10.8. The SMILES string of the molecule is CSc1ccc(NC(=O)CO)cc1Cl. The van der Waals surface area contributed by atoms with Gasteiger partial charge in [0, 0.05) is 10.6 Å². The molecule has 0 radical (unpaired) electrons. The number of anilines is 1. The van der Waals surface area contributed by atoms with Crippen LogP contribution in [0.3, 0.4) is 0 Å². The van der Waals surface area contributed by atoms with Crippen molar-refractivity contribution in [3.8, 4) is 0 Å². The van der Waals surface area contributed by atoms with Crippen LogP contribution in [-0.4, -0.2) is 23.9 Å². The summed E-state index contributed by atoms with van der Waals surface area (Å²) in [6.07, 6.45) is 1.92. The Morgan fingerprint density at radius 2 is 2.36 bits per heavy atom. The number of rotatable bonds is 3. The highest BCUT2D eigenvalue weighted by atomic mass is 35.5. The predicted octanol–water partition coefficient (Wildman–Crippen LogP) is 1.99. The van der Waals surface area contributed by atoms with Crippen molar-refractivity contribution in [3.63, 3.8) is 0 Å². The van der Waals surface area contributed by atoms with Gasteiger partial charge in [-0.3, -0.25) is 4.79 Å². The van der Waals surface area contributed by atoms with Gasteiger partial charge in [-0.25, -0.2) is 0 Å². The highest BCUT2D eigenvalue weighted by Gasteiger charge is 2.03. The molecule has 3 nitrogen and oxygen atoms in total. The van der Waals surface area contributed by atoms with Gasteiger partial charge in [0.2, 0.25) is 5.91 Å². The summed E-state index contributed by atoms with van der Waals surface area (Å²) in [5.74, 6) is -0.446. The molecule has 0 aromatic heterocycles. The zero-order valence-electron chi connectivity index (χ0n) is 7.58. The topological polar surface area (TPSA) is 49.3 Å². The molecule has 0 aliphatic carbocycles. The Balaban J connectivity index is 2.81. The van der Waals surface area contributed by atoms with E-state index >= 15 is 0 Å². The summed E-state index contributed by atoms with van der Waals surface area (Å²) >= 11 is 7.46. The minimum Gasteiger partial charge on any atom is -0.387 e. The van der Waals surface area contributed by atoms with Crippen LogP contribution in [0.25, 0.3) is 0 Å². The standard InChI is InChI=1S/C9H10ClNO2S/c1-14-8-3-2-6(4-7(8)10)11-9(13)5-12/h2-4,12H,5H2,1H3,(H,11,13). The summed E-state index contributed by atoms with van der Waals surface area (Å²) in [5.41, 5.74) is 0.590. The molecular weight excluding hydrogens is 222 g/mol. The fourth-order valence-corrected chi connectivity index (χ4v) is 1.81. The summed E-state index contributed by atoms with van der Waals surface area (Å²) in [5, 5.41) is 11.6. The van der Waals surface area contributed by atoms with Gasteiger partial charge in [0.25, 0.3) is 0 Å². The van der Waals surface area contributed by atoms with Gasteiger partial charge in [0.15, 0.2) is 0 Å². The van der Waals surface area contributed by atoms with Gasteiger partial charge in [-0.1, -0.05) is 11.6 Å². The van der Waals surface area contributed by atoms with Crippen LogP contribution in [-0.2, 0) is 4.79 Å². The van der Waals surface area contributed by atoms with Crippen LogP contribution in [0.4, 0.5) is 5.69 Å². The van der Waals surface area contributed by atoms with Gasteiger partial charge in [-0.15, -0.1) is 11.8 Å². The van der Waals surface area contributed by atoms with Gasteiger partial charge in [0.05, 0.1) is 5.02 Å². The number of benzene rings is 1. The van der Waals surface area contributed by atoms with Gasteiger partial charge >= 0.3 is 0 Å². The molecular formula is C9H10ClNO2S. The maximum absolute atomic E-state index is 10.8. The first kappa shape index (κ1) is 11.4. The molecule has 0 spiro atoms. The lowest BCUT2D eigenvalue weighted by Crippen LogP contribution is -2.15. The third-order valence-electron chi connectivity index (χ3n) is 1.58. The zero-order valence-corrected chi connectivity index (χ0v) is 9.15. The molecule has 1 aromatic carbocycles. The first-order valence-electron chi connectivity index (χ1n) is 3.91. The van der Waals surface area contributed by atoms with E-state index < -0.39 is 12.5 Å². The molecule has 0 bridgehead atoms. The second kappa shape index (κ2) is 5.24. The van der Waals surface area contributed by atoms with E-state index in [4.69, 9.17) is 16.7 Å². The molecule has 0 heterocycles. The predicted molar refractivity (Wildman–Crippen MR) is 58.9 cm³/mol. The molecule has 0 atom stereocenters. The molecule has 0 fully saturated rings. The van der Waals surface area contributed by atoms with Crippen LogP contribution >= 0.6 is 23.4 Å². The Morgan fingerprint density at radius 3 is 2.86 bits per heavy atom. The van der Waals surface area contributed by atoms with Crippen molar-refractivity contribution in [1.82, 2.24) is 0 Å². The Kier molecular flexibility index (Phi) is 4.25. The number of hydrogen-bond donors (Lipinski definition) is 2. The average molecular weight is 232 g/mol. The molecule has 5 heteroatoms. The first-order chi connectivity index (χ1) is 6.67. The summed E-state index contributed by atoms with van der Waals surface area (Å²) in [7, 11) is 0. The number of carbonyl (C=O) groups excluding carboxylic acids is 1. The third-order valence-corrected chi connectivity index (χ3v) is 2.80. The smallest absolute Gasteiger partial charge is 0.250 e. The average Bonchev–Trinajstić information content (AvgIpc) is 2.18. The molecule has 76 valence electrons. The van der Waals surface area contributed by atoms with Gasteiger partial charge < -0.3 is 10.4 Å². The number of aliphatic hydroxyl groups excluding tert-OH is 1. The van der Waals surface area contributed by atoms with Crippen molar-refractivity contribution in [2.24, 2.45) is 0 Å². The molecule has 2 N–H and O–H groups in total. The molecule has 0 saturated carbocycles. The number of aliphatic hydroxyl groups is 1. The molecule has 1 aromatic rings. The number of carbonyl (C=O) groups is 1. The van der Waals surface area contributed by atoms with Crippen LogP contribution in [0.15, 0.2) is 23.1 Å². The number of thioether (sulfide) groups is 1. The van der Waals surface area contributed by atoms with E-state index in [0.29, 0.717) is 10.7 Å². The van der Waals surface area contributed by atoms with Crippen molar-refractivity contribution in [3.05, 3.63) is 23.2 Å². The van der Waals surface area contributed by atoms with E-state index in [1.165, 1.54) is 11.8 Å². The van der Waals surface area contributed by atoms with Gasteiger partial charge in [-0.2, -0.15) is 0 Å². The Bertz CT molecular complexity index is 344. The lowest BCUT2D eigenvalue weighted by Gasteiger charge is -2.05. The molecule has 0 aliphatic heterocycles. The molecule has 0 aliphatic rings. The summed E-state index contributed by atoms with van der Waals surface area (Å²) in [4.78, 5) is 11.8. The van der Waals surface area contributed by atoms with Crippen LogP contribution < -0.4 is 5.32 Å². The van der Waals surface area contributed by atoms with Crippen LogP contribution in [0.5, 0.6) is 0 Å². The van der Waals surface area contributed by atoms with E-state index in [1.807, 2.05) is 12.3 Å². The number of nitrogens with one attached hydrogen (secondary N) is 1. The minimum atomic E-state index is -0.526. The Morgan fingerprint density at radius 1 is 1.64 bits per heavy atom. The minimum absolute atomic E-state index is 0.446. The number of amides is 1. The molecule has 1 rings (SSSR count). The second-order valence-electron chi connectivity index (χ2n) is 2.56. The zero-order chi connectivity index (χ0) is 10.6. The summed E-state index contributed by atoms with van der Waals surface area (Å²) < 4.78 is 0. The number of halogens is 1. The van der Waals surface area contributed by atoms with E-state index in [0.717, 1.165) is 4.90 Å². The van der Waals surface area contributed by atoms with Crippen molar-refractivity contribution in [1.29, 1.82) is 0 Å². The van der Waals surface area contributed by atoms with Crippen molar-refractivity contribution in [2.75, 3.05) is 18.2 Å². The highest BCUT2D eigenvalue weighted by molar-refractivity contribution is 7.98. The molecule has 14 heavy (non-hydrogen) atoms. The first-order valence-corrected chi connectivity index (χ1v) is 5.52. The van der Waals surface area contributed by atoms with Crippen LogP contribution in [0.2, 0.25) is 5.02 Å². The second-order valence-corrected chi connectivity index (χ2v) is 3.81. The number of hydrogen-bond acceptors (Lipinski definition) is 3. The van der Waals surface area contributed by atoms with Gasteiger partial charge in [0.1, 0.15) is 6.61 Å². The molecule has 1 amide bonds. The van der Waals surface area contributed by atoms with Crippen LogP contribution in [0.1, 0.15) is 0 Å². The van der Waals surface area contributed by atoms with E-state index in [1.54, 1.807) is 12.1 Å². The fraction of sp³-hybridized carbons (Fsp3) is 0.222. The fourth-order valence-electron chi connectivity index (χ4n) is 0.945. The Hall–Kier alpha value is -0.710. The molecule has 0 unspecified atom stereocenters. The van der Waals surface area contributed by atoms with E-state index in [9.17, 15) is 4.79 Å². The lowest BCUT2D eigenvalue weighted by molar-refractivity contribution is -0.118. The van der Waals surface area contributed by atoms with Crippen molar-refractivity contribution >= 4 is 35.0 Å². The highest BCUT2D eigenvalue weighted by Crippen LogP contribution is 2.27. The largest absolute Gasteiger partial charge is 0.387 e. The van der Waals surface area contributed by atoms with Gasteiger partial charge in [-0.05, 0) is 24.5 Å². The monoisotopic (exact) mass is 231 g/mol. The summed E-state index contributed by atoms with van der Waals surface area (Å²) in [6.45, 7) is -0.526. The maximum Gasteiger partial charge on any atom is 0.250 e. The molecule has 0 saturated heterocycles. The third kappa shape index (κ3) is 2.90. The van der Waals surface area contributed by atoms with E-state index in [-0.39, 0.29) is 0 Å². The lowest BCUT2D eigenvalue weighted by atomic mass is 10.3.